The van der Waals surface area contributed by atoms with E-state index in [2.05, 4.69) is 59.8 Å². The number of carbonyl (C=O) groups is 8. The monoisotopic (exact) mass is 2290 g/mol. The maximum atomic E-state index is 12.5. The summed E-state index contributed by atoms with van der Waals surface area (Å²) >= 11 is 0. The molecule has 0 saturated carbocycles. The number of rotatable bonds is 22. The average molecular weight is 2290 g/mol. The summed E-state index contributed by atoms with van der Waals surface area (Å²) < 4.78 is 10.1. The molecule has 0 aromatic carbocycles. The molecule has 0 unspecified atom stereocenters. The minimum absolute atomic E-state index is 0. The summed E-state index contributed by atoms with van der Waals surface area (Å²) in [5.41, 5.74) is 0.680. The van der Waals surface area contributed by atoms with Gasteiger partial charge in [-0.05, 0) is 197 Å². The Morgan fingerprint density at radius 2 is 0.275 bits per heavy atom. The summed E-state index contributed by atoms with van der Waals surface area (Å²) in [4.78, 5) is 120. The van der Waals surface area contributed by atoms with Gasteiger partial charge in [0.2, 0.25) is 0 Å². The summed E-state index contributed by atoms with van der Waals surface area (Å²) in [6.07, 6.45) is 18.5. The van der Waals surface area contributed by atoms with Crippen LogP contribution in [0.2, 0.25) is 0 Å². The van der Waals surface area contributed by atoms with Crippen molar-refractivity contribution < 1.29 is 287 Å². The van der Waals surface area contributed by atoms with Gasteiger partial charge in [0.05, 0.1) is 34.3 Å². The topological polar surface area (TPSA) is 782 Å². The number of ether oxygens (including phenoxy) is 2. The SMILES string of the molecule is CCC(=O)[O-].CCC(=O)[O-].CCC(=O)[O-].CCC(=O)[O-].CCC(=O)[O-].CCC(=O)[O-].CCC(=O)[O-].CCC(=O)[O-].COC([O-])(c1ccccn1)c1ccccn1.COC([O-])(c1ccccn1)c1ccccn1.[Mn+2].[Mn+2].[Mn+3].[Mn+3].[Mn+3].[Mn+3].[Mn+3].[Mn+3].[O-2].[O-2].[O-]C([O-])(c1ccccn1)c1ccccn1.[O-]C([O-])(c1ccccn1)c1ccccn1.[O-]C([O-])(c1ccccn1)c1ccccn1.[O-]C([O-])(c1ccccn1)c1ccccn1. The molecule has 12 rings (SSSR count). The van der Waals surface area contributed by atoms with E-state index in [9.17, 15) is 130 Å². The van der Waals surface area contributed by atoms with Gasteiger partial charge in [-0.3, -0.25) is 59.8 Å². The standard InChI is InChI=1S/2C12H11N2O2.4C11H8N2O2.8C3H6O2.8Mn.2O/c2*1-16-12(15,10-6-2-4-8-13-10)11-7-3-5-9-14-11;4*14-11(15,9-5-1-3-7-12-9)10-6-2-4-8-13-10;8*1-2-3(4)5;;;;;;;;;;/h2*2-9H,1H3;4*1-8H;8*2H2,1H3,(H,4,5);;;;;;;;;;/q2*-1;4*-2;;;;;;;;;2*+2;6*+3;2*-2/p-8. The van der Waals surface area contributed by atoms with E-state index in [1.165, 1.54) is 168 Å². The van der Waals surface area contributed by atoms with Gasteiger partial charge in [-0.25, -0.2) is 0 Å². The molecule has 758 valence electrons. The number of hydrogen-bond donors (Lipinski definition) is 0. The third-order valence-electron chi connectivity index (χ3n) is 14.9. The first-order valence-corrected chi connectivity index (χ1v) is 39.3. The number of hydrogen-bond acceptors (Lipinski definition) is 40. The number of nitrogens with zero attached hydrogens (tertiary/aromatic N) is 12. The van der Waals surface area contributed by atoms with E-state index in [0.29, 0.717) is 22.8 Å². The van der Waals surface area contributed by atoms with Crippen molar-refractivity contribution >= 4 is 47.8 Å². The fraction of sp³-hybridized carbons (Fsp3) is 0.261. The zero-order valence-corrected chi connectivity index (χ0v) is 86.5. The van der Waals surface area contributed by atoms with Gasteiger partial charge >= 0.3 is 137 Å². The molecule has 0 atom stereocenters. The van der Waals surface area contributed by atoms with E-state index in [1.54, 1.807) is 195 Å². The van der Waals surface area contributed by atoms with Crippen molar-refractivity contribution in [3.8, 4) is 0 Å². The predicted octanol–water partition coefficient (Wildman–Crippen LogP) is -8.13. The van der Waals surface area contributed by atoms with Crippen molar-refractivity contribution in [2.45, 2.75) is 141 Å². The number of aliphatic carboxylic acids is 8. The zero-order valence-electron chi connectivity index (χ0n) is 77.0. The number of methoxy groups -OCH3 is 2. The number of carboxylic acid groups (broad SMARTS) is 8. The molecule has 0 N–H and O–H groups in total. The third kappa shape index (κ3) is 66.1. The normalized spacial score (nSPS) is 9.44. The predicted molar refractivity (Wildman–Crippen MR) is 433 cm³/mol. The summed E-state index contributed by atoms with van der Waals surface area (Å²) in [6, 6.07) is 57.9. The van der Waals surface area contributed by atoms with Crippen LogP contribution in [0, 0.1) is 0 Å². The molecule has 42 nitrogen and oxygen atoms in total. The smallest absolute Gasteiger partial charge is 2.00 e. The fourth-order valence-corrected chi connectivity index (χ4v) is 7.89. The molecule has 0 aliphatic heterocycles. The van der Waals surface area contributed by atoms with E-state index < -0.39 is 82.5 Å². The van der Waals surface area contributed by atoms with Crippen LogP contribution in [0.4, 0.5) is 0 Å². The maximum absolute atomic E-state index is 12.5. The Bertz CT molecular complexity index is 4260. The molecule has 12 heterocycles. The second-order valence-electron chi connectivity index (χ2n) is 24.5. The van der Waals surface area contributed by atoms with Gasteiger partial charge in [0.1, 0.15) is 0 Å². The Kier molecular flexibility index (Phi) is 99.4. The van der Waals surface area contributed by atoms with Crippen molar-refractivity contribution in [2.75, 3.05) is 14.2 Å². The van der Waals surface area contributed by atoms with E-state index >= 15 is 0 Å². The van der Waals surface area contributed by atoms with Crippen LogP contribution < -0.4 is 91.9 Å². The molecule has 0 spiro atoms. The van der Waals surface area contributed by atoms with E-state index in [-0.39, 0.29) is 244 Å². The van der Waals surface area contributed by atoms with Crippen molar-refractivity contribution in [3.05, 3.63) is 361 Å². The van der Waals surface area contributed by atoms with Gasteiger partial charge in [-0.15, -0.1) is 23.1 Å². The molecule has 142 heavy (non-hydrogen) atoms. The molecule has 0 bridgehead atoms. The molecule has 12 aromatic heterocycles. The Hall–Kier alpha value is -10.8. The first kappa shape index (κ1) is 156. The van der Waals surface area contributed by atoms with E-state index in [0.717, 1.165) is 0 Å². The molecule has 0 aliphatic rings. The van der Waals surface area contributed by atoms with Crippen molar-refractivity contribution in [1.29, 1.82) is 0 Å². The molecule has 0 saturated heterocycles. The van der Waals surface area contributed by atoms with Gasteiger partial charge in [0.25, 0.3) is 0 Å². The molecule has 12 aromatic rings. The van der Waals surface area contributed by atoms with Crippen LogP contribution in [-0.2, 0) is 230 Å². The number of pyridine rings is 12. The van der Waals surface area contributed by atoms with Crippen LogP contribution in [0.3, 0.4) is 0 Å². The Labute approximate surface area is 904 Å². The minimum Gasteiger partial charge on any atom is -2.00 e. The molecular formula is C92H94Mn8N12O30. The van der Waals surface area contributed by atoms with Crippen molar-refractivity contribution in [1.82, 2.24) is 59.8 Å². The van der Waals surface area contributed by atoms with E-state index in [1.807, 2.05) is 0 Å². The summed E-state index contributed by atoms with van der Waals surface area (Å²) in [6.45, 7) is 12.3. The molecule has 0 aliphatic carbocycles. The average Bonchev–Trinajstić information content (AvgIpc) is 0.803. The Morgan fingerprint density at radius 3 is 0.331 bits per heavy atom. The van der Waals surface area contributed by atoms with Crippen LogP contribution in [-0.4, -0.2) is 122 Å². The van der Waals surface area contributed by atoms with Gasteiger partial charge < -0.3 is 151 Å². The number of carbonyl (C=O) groups excluding carboxylic acids is 8. The first-order chi connectivity index (χ1) is 62.5. The van der Waals surface area contributed by atoms with Crippen molar-refractivity contribution in [3.63, 3.8) is 0 Å². The number of aromatic nitrogens is 12. The summed E-state index contributed by atoms with van der Waals surface area (Å²) in [5, 5.41) is 194. The molecule has 0 fully saturated rings. The first-order valence-electron chi connectivity index (χ1n) is 39.3. The Balaban J connectivity index is -0.000000131. The van der Waals surface area contributed by atoms with Crippen molar-refractivity contribution in [2.24, 2.45) is 0 Å². The van der Waals surface area contributed by atoms with Gasteiger partial charge in [-0.1, -0.05) is 128 Å². The van der Waals surface area contributed by atoms with Crippen LogP contribution in [0.5, 0.6) is 0 Å². The maximum Gasteiger partial charge on any atom is 3.00 e. The molecule has 2 radical (unpaired) electrons. The van der Waals surface area contributed by atoms with Crippen LogP contribution in [0.25, 0.3) is 0 Å². The molecule has 0 amide bonds. The summed E-state index contributed by atoms with van der Waals surface area (Å²) in [5.74, 6) is -22.2. The van der Waals surface area contributed by atoms with Gasteiger partial charge in [-0.2, -0.15) is 0 Å². The van der Waals surface area contributed by atoms with Crippen LogP contribution in [0.15, 0.2) is 293 Å². The zero-order chi connectivity index (χ0) is 100. The third-order valence-corrected chi connectivity index (χ3v) is 14.9. The molecular weight excluding hydrogens is 2190 g/mol. The van der Waals surface area contributed by atoms with Crippen LogP contribution >= 0.6 is 0 Å². The van der Waals surface area contributed by atoms with Gasteiger partial charge in [0, 0.05) is 182 Å². The molecule has 50 heteroatoms. The largest absolute Gasteiger partial charge is 3.00 e. The summed E-state index contributed by atoms with van der Waals surface area (Å²) in [7, 11) is 2.72. The second kappa shape index (κ2) is 90.2. The van der Waals surface area contributed by atoms with E-state index in [4.69, 9.17) is 9.47 Å². The fourth-order valence-electron chi connectivity index (χ4n) is 7.89. The number of carboxylic acids is 8. The Morgan fingerprint density at radius 1 is 0.197 bits per heavy atom. The second-order valence-corrected chi connectivity index (χ2v) is 24.5. The van der Waals surface area contributed by atoms with Crippen LogP contribution in [0.1, 0.15) is 175 Å². The quantitative estimate of drug-likeness (QED) is 0.0449. The van der Waals surface area contributed by atoms with Gasteiger partial charge in [0.15, 0.2) is 0 Å². The minimum atomic E-state index is -2.64.